The normalized spacial score (nSPS) is 32.5. The molecule has 1 aliphatic heterocycles. The number of rotatable bonds is 3. The minimum Gasteiger partial charge on any atom is -0.379 e. The zero-order chi connectivity index (χ0) is 12.5. The summed E-state index contributed by atoms with van der Waals surface area (Å²) in [5.41, 5.74) is 0.00933. The second kappa shape index (κ2) is 5.25. The lowest BCUT2D eigenvalue weighted by molar-refractivity contribution is -0.0983. The van der Waals surface area contributed by atoms with E-state index in [0.29, 0.717) is 12.2 Å². The molecule has 0 spiro atoms. The summed E-state index contributed by atoms with van der Waals surface area (Å²) >= 11 is 0. The molecule has 2 aliphatic rings. The molecule has 1 saturated carbocycles. The Labute approximate surface area is 105 Å². The van der Waals surface area contributed by atoms with E-state index in [-0.39, 0.29) is 5.60 Å². The molecular weight excluding hydrogens is 214 g/mol. The monoisotopic (exact) mass is 241 g/mol. The zero-order valence-electron chi connectivity index (χ0n) is 11.7. The molecule has 0 unspecified atom stereocenters. The third-order valence-corrected chi connectivity index (χ3v) is 3.89. The lowest BCUT2D eigenvalue weighted by Crippen LogP contribution is -2.57. The molecule has 0 aromatic rings. The maximum atomic E-state index is 6.06. The zero-order valence-corrected chi connectivity index (χ0v) is 11.7. The van der Waals surface area contributed by atoms with Crippen LogP contribution in [0.4, 0.5) is 0 Å². The number of methoxy groups -OCH3 is 1. The van der Waals surface area contributed by atoms with Crippen LogP contribution in [0.5, 0.6) is 0 Å². The lowest BCUT2D eigenvalue weighted by Gasteiger charge is -2.46. The average molecular weight is 241 g/mol. The average Bonchev–Trinajstić information content (AvgIpc) is 2.16. The van der Waals surface area contributed by atoms with Gasteiger partial charge in [-0.25, -0.2) is 0 Å². The number of likely N-dealkylation sites (tertiary alicyclic amines) is 1. The first kappa shape index (κ1) is 13.3. The van der Waals surface area contributed by atoms with Crippen molar-refractivity contribution in [3.63, 3.8) is 0 Å². The molecule has 100 valence electrons. The van der Waals surface area contributed by atoms with Gasteiger partial charge in [0.1, 0.15) is 0 Å². The predicted octanol–water partition coefficient (Wildman–Crippen LogP) is 2.44. The molecule has 0 radical (unpaired) electrons. The van der Waals surface area contributed by atoms with Crippen LogP contribution in [0.3, 0.4) is 0 Å². The molecule has 0 amide bonds. The van der Waals surface area contributed by atoms with Gasteiger partial charge in [0.2, 0.25) is 0 Å². The van der Waals surface area contributed by atoms with Gasteiger partial charge in [0.05, 0.1) is 17.8 Å². The van der Waals surface area contributed by atoms with Crippen LogP contribution in [0.1, 0.15) is 46.5 Å². The fraction of sp³-hybridized carbons (Fsp3) is 1.00. The molecule has 3 heteroatoms. The predicted molar refractivity (Wildman–Crippen MR) is 69.3 cm³/mol. The van der Waals surface area contributed by atoms with Gasteiger partial charge < -0.3 is 9.47 Å². The summed E-state index contributed by atoms with van der Waals surface area (Å²) in [5.74, 6) is 0. The number of hydrogen-bond donors (Lipinski definition) is 0. The van der Waals surface area contributed by atoms with E-state index in [2.05, 4.69) is 25.7 Å². The fourth-order valence-electron chi connectivity index (χ4n) is 2.95. The Morgan fingerprint density at radius 3 is 2.00 bits per heavy atom. The first-order valence-electron chi connectivity index (χ1n) is 6.92. The first-order valence-corrected chi connectivity index (χ1v) is 6.92. The van der Waals surface area contributed by atoms with E-state index in [1.807, 2.05) is 7.11 Å². The van der Waals surface area contributed by atoms with Crippen molar-refractivity contribution in [1.29, 1.82) is 0 Å². The molecule has 3 nitrogen and oxygen atoms in total. The van der Waals surface area contributed by atoms with Gasteiger partial charge in [-0.2, -0.15) is 0 Å². The molecule has 2 fully saturated rings. The van der Waals surface area contributed by atoms with Gasteiger partial charge in [-0.15, -0.1) is 0 Å². The quantitative estimate of drug-likeness (QED) is 0.757. The summed E-state index contributed by atoms with van der Waals surface area (Å²) in [6.45, 7) is 8.71. The maximum Gasteiger partial charge on any atom is 0.0825 e. The van der Waals surface area contributed by atoms with E-state index in [1.54, 1.807) is 0 Å². The third-order valence-electron chi connectivity index (χ3n) is 3.89. The van der Waals surface area contributed by atoms with Crippen molar-refractivity contribution in [2.24, 2.45) is 0 Å². The van der Waals surface area contributed by atoms with Gasteiger partial charge in [-0.05, 0) is 46.5 Å². The van der Waals surface area contributed by atoms with Crippen LogP contribution < -0.4 is 0 Å². The molecule has 1 heterocycles. The van der Waals surface area contributed by atoms with E-state index < -0.39 is 0 Å². The van der Waals surface area contributed by atoms with Gasteiger partial charge >= 0.3 is 0 Å². The Hall–Kier alpha value is -0.120. The SMILES string of the molecule is COC1CN(C2CCC(OC(C)(C)C)CC2)C1. The van der Waals surface area contributed by atoms with Gasteiger partial charge in [-0.1, -0.05) is 0 Å². The largest absolute Gasteiger partial charge is 0.379 e. The topological polar surface area (TPSA) is 21.7 Å². The first-order chi connectivity index (χ1) is 7.98. The summed E-state index contributed by atoms with van der Waals surface area (Å²) < 4.78 is 11.4. The highest BCUT2D eigenvalue weighted by atomic mass is 16.5. The lowest BCUT2D eigenvalue weighted by atomic mass is 9.89. The van der Waals surface area contributed by atoms with Crippen LogP contribution in [0.15, 0.2) is 0 Å². The Morgan fingerprint density at radius 2 is 1.53 bits per heavy atom. The van der Waals surface area contributed by atoms with E-state index in [1.165, 1.54) is 25.7 Å². The van der Waals surface area contributed by atoms with Gasteiger partial charge in [-0.3, -0.25) is 4.90 Å². The van der Waals surface area contributed by atoms with Gasteiger partial charge in [0, 0.05) is 26.2 Å². The van der Waals surface area contributed by atoms with Gasteiger partial charge in [0.25, 0.3) is 0 Å². The maximum absolute atomic E-state index is 6.06. The number of hydrogen-bond acceptors (Lipinski definition) is 3. The van der Waals surface area contributed by atoms with Crippen molar-refractivity contribution in [2.45, 2.75) is 70.3 Å². The number of ether oxygens (including phenoxy) is 2. The molecule has 1 aliphatic carbocycles. The minimum atomic E-state index is 0.00933. The molecule has 2 rings (SSSR count). The van der Waals surface area contributed by atoms with E-state index >= 15 is 0 Å². The molecule has 0 atom stereocenters. The van der Waals surface area contributed by atoms with Crippen molar-refractivity contribution >= 4 is 0 Å². The second-order valence-corrected chi connectivity index (χ2v) is 6.47. The molecule has 0 aromatic heterocycles. The van der Waals surface area contributed by atoms with E-state index in [0.717, 1.165) is 19.1 Å². The van der Waals surface area contributed by atoms with Crippen molar-refractivity contribution < 1.29 is 9.47 Å². The third kappa shape index (κ3) is 3.67. The van der Waals surface area contributed by atoms with Crippen LogP contribution >= 0.6 is 0 Å². The molecule has 1 saturated heterocycles. The molecule has 0 bridgehead atoms. The summed E-state index contributed by atoms with van der Waals surface area (Å²) in [6.07, 6.45) is 5.98. The molecule has 0 aromatic carbocycles. The Kier molecular flexibility index (Phi) is 4.11. The summed E-state index contributed by atoms with van der Waals surface area (Å²) in [7, 11) is 1.82. The summed E-state index contributed by atoms with van der Waals surface area (Å²) in [4.78, 5) is 2.57. The number of nitrogens with zero attached hydrogens (tertiary/aromatic N) is 1. The standard InChI is InChI=1S/C14H27NO2/c1-14(2,3)17-12-7-5-11(6-8-12)15-9-13(10-15)16-4/h11-13H,5-10H2,1-4H3. The Balaban J connectivity index is 1.68. The van der Waals surface area contributed by atoms with Crippen molar-refractivity contribution in [3.8, 4) is 0 Å². The van der Waals surface area contributed by atoms with E-state index in [9.17, 15) is 0 Å². The molecule has 17 heavy (non-hydrogen) atoms. The Morgan fingerprint density at radius 1 is 0.941 bits per heavy atom. The minimum absolute atomic E-state index is 0.00933. The highest BCUT2D eigenvalue weighted by molar-refractivity contribution is 4.89. The van der Waals surface area contributed by atoms with Crippen LogP contribution in [0.2, 0.25) is 0 Å². The van der Waals surface area contributed by atoms with Crippen molar-refractivity contribution in [2.75, 3.05) is 20.2 Å². The van der Waals surface area contributed by atoms with E-state index in [4.69, 9.17) is 9.47 Å². The highest BCUT2D eigenvalue weighted by Gasteiger charge is 2.35. The van der Waals surface area contributed by atoms with Crippen LogP contribution in [-0.2, 0) is 9.47 Å². The highest BCUT2D eigenvalue weighted by Crippen LogP contribution is 2.30. The van der Waals surface area contributed by atoms with Crippen LogP contribution in [-0.4, -0.2) is 49.0 Å². The fourth-order valence-corrected chi connectivity index (χ4v) is 2.95. The van der Waals surface area contributed by atoms with Crippen LogP contribution in [0, 0.1) is 0 Å². The van der Waals surface area contributed by atoms with Crippen LogP contribution in [0.25, 0.3) is 0 Å². The Bertz CT molecular complexity index is 235. The second-order valence-electron chi connectivity index (χ2n) is 6.47. The van der Waals surface area contributed by atoms with Gasteiger partial charge in [0.15, 0.2) is 0 Å². The van der Waals surface area contributed by atoms with Crippen molar-refractivity contribution in [3.05, 3.63) is 0 Å². The smallest absolute Gasteiger partial charge is 0.0825 e. The van der Waals surface area contributed by atoms with Crippen molar-refractivity contribution in [1.82, 2.24) is 4.90 Å². The summed E-state index contributed by atoms with van der Waals surface area (Å²) in [5, 5.41) is 0. The summed E-state index contributed by atoms with van der Waals surface area (Å²) in [6, 6.07) is 0.779. The molecular formula is C14H27NO2. The molecule has 0 N–H and O–H groups in total.